The molecule has 0 aliphatic rings. The van der Waals surface area contributed by atoms with Crippen molar-refractivity contribution < 1.29 is 0 Å². The van der Waals surface area contributed by atoms with E-state index in [1.807, 2.05) is 6.92 Å². The molecule has 0 fully saturated rings. The maximum absolute atomic E-state index is 4.60. The van der Waals surface area contributed by atoms with Gasteiger partial charge in [-0.25, -0.2) is 0 Å². The van der Waals surface area contributed by atoms with Crippen LogP contribution < -0.4 is 0 Å². The van der Waals surface area contributed by atoms with Gasteiger partial charge in [-0.3, -0.25) is 4.98 Å². The zero-order chi connectivity index (χ0) is 10.8. The number of pyridine rings is 1. The molecule has 0 saturated carbocycles. The maximum atomic E-state index is 4.60. The molecule has 0 spiro atoms. The van der Waals surface area contributed by atoms with Gasteiger partial charge < -0.3 is 4.90 Å². The Bertz CT molecular complexity index is 475. The number of nitrogens with zero attached hydrogens (tertiary/aromatic N) is 2. The minimum absolute atomic E-state index is 0.891. The Labute approximate surface area is 90.6 Å². The van der Waals surface area contributed by atoms with Gasteiger partial charge in [-0.05, 0) is 32.5 Å². The Morgan fingerprint density at radius 3 is 2.67 bits per heavy atom. The van der Waals surface area contributed by atoms with Crippen LogP contribution in [0.4, 0.5) is 0 Å². The van der Waals surface area contributed by atoms with Gasteiger partial charge in [0.2, 0.25) is 0 Å². The topological polar surface area (TPSA) is 16.1 Å². The molecule has 0 saturated heterocycles. The molecule has 0 aliphatic carbocycles. The predicted octanol–water partition coefficient (Wildman–Crippen LogP) is 2.60. The van der Waals surface area contributed by atoms with Crippen LogP contribution in [-0.2, 0) is 6.54 Å². The van der Waals surface area contributed by atoms with Crippen LogP contribution in [0.5, 0.6) is 0 Å². The van der Waals surface area contributed by atoms with Crippen molar-refractivity contribution in [3.63, 3.8) is 0 Å². The summed E-state index contributed by atoms with van der Waals surface area (Å²) in [6.07, 6.45) is 0. The van der Waals surface area contributed by atoms with Crippen molar-refractivity contribution in [3.05, 3.63) is 41.7 Å². The lowest BCUT2D eigenvalue weighted by atomic mass is 10.1. The summed E-state index contributed by atoms with van der Waals surface area (Å²) in [5.74, 6) is 0. The highest BCUT2D eigenvalue weighted by atomic mass is 15.1. The lowest BCUT2D eigenvalue weighted by Crippen LogP contribution is -2.12. The van der Waals surface area contributed by atoms with E-state index >= 15 is 0 Å². The third-order valence-electron chi connectivity index (χ3n) is 2.41. The van der Waals surface area contributed by atoms with E-state index in [4.69, 9.17) is 0 Å². The van der Waals surface area contributed by atoms with Crippen LogP contribution in [0, 0.1) is 6.92 Å². The quantitative estimate of drug-likeness (QED) is 0.740. The minimum Gasteiger partial charge on any atom is -0.304 e. The molecule has 1 heterocycles. The molecular formula is C13H16N2. The van der Waals surface area contributed by atoms with Crippen molar-refractivity contribution in [2.24, 2.45) is 0 Å². The van der Waals surface area contributed by atoms with Crippen molar-refractivity contribution >= 4 is 10.8 Å². The van der Waals surface area contributed by atoms with Crippen molar-refractivity contribution in [1.29, 1.82) is 0 Å². The third kappa shape index (κ3) is 2.16. The molecule has 0 amide bonds. The van der Waals surface area contributed by atoms with Gasteiger partial charge in [0.25, 0.3) is 0 Å². The molecule has 0 radical (unpaired) electrons. The molecule has 0 aliphatic heterocycles. The van der Waals surface area contributed by atoms with E-state index in [9.17, 15) is 0 Å². The molecule has 2 heteroatoms. The number of aromatic nitrogens is 1. The largest absolute Gasteiger partial charge is 0.304 e. The Hall–Kier alpha value is -1.41. The van der Waals surface area contributed by atoms with E-state index in [1.165, 1.54) is 10.8 Å². The molecule has 1 aromatic heterocycles. The first kappa shape index (κ1) is 10.1. The summed E-state index contributed by atoms with van der Waals surface area (Å²) >= 11 is 0. The number of benzene rings is 1. The second kappa shape index (κ2) is 3.99. The van der Waals surface area contributed by atoms with Crippen LogP contribution in [0.25, 0.3) is 10.8 Å². The van der Waals surface area contributed by atoms with E-state index in [-0.39, 0.29) is 0 Å². The molecule has 0 atom stereocenters. The smallest absolute Gasteiger partial charge is 0.0625 e. The van der Waals surface area contributed by atoms with E-state index in [0.717, 1.165) is 17.9 Å². The van der Waals surface area contributed by atoms with Crippen LogP contribution in [0.1, 0.15) is 11.4 Å². The van der Waals surface area contributed by atoms with Gasteiger partial charge in [0.05, 0.1) is 5.69 Å². The zero-order valence-corrected chi connectivity index (χ0v) is 9.49. The maximum Gasteiger partial charge on any atom is 0.0625 e. The molecular weight excluding hydrogens is 184 g/mol. The second-order valence-electron chi connectivity index (χ2n) is 4.17. The van der Waals surface area contributed by atoms with Crippen molar-refractivity contribution in [2.75, 3.05) is 14.1 Å². The molecule has 0 unspecified atom stereocenters. The Kier molecular flexibility index (Phi) is 2.69. The number of rotatable bonds is 2. The fourth-order valence-electron chi connectivity index (χ4n) is 1.84. The molecule has 0 bridgehead atoms. The highest BCUT2D eigenvalue weighted by molar-refractivity contribution is 5.84. The first-order valence-corrected chi connectivity index (χ1v) is 5.17. The first-order chi connectivity index (χ1) is 7.16. The highest BCUT2D eigenvalue weighted by Crippen LogP contribution is 2.18. The zero-order valence-electron chi connectivity index (χ0n) is 9.49. The summed E-state index contributed by atoms with van der Waals surface area (Å²) < 4.78 is 0. The summed E-state index contributed by atoms with van der Waals surface area (Å²) in [5.41, 5.74) is 2.25. The normalized spacial score (nSPS) is 11.2. The predicted molar refractivity (Wildman–Crippen MR) is 63.9 cm³/mol. The molecule has 0 N–H and O–H groups in total. The van der Waals surface area contributed by atoms with Gasteiger partial charge >= 0.3 is 0 Å². The Morgan fingerprint density at radius 1 is 1.20 bits per heavy atom. The van der Waals surface area contributed by atoms with Crippen molar-refractivity contribution in [3.8, 4) is 0 Å². The van der Waals surface area contributed by atoms with Gasteiger partial charge in [-0.15, -0.1) is 0 Å². The molecule has 2 rings (SSSR count). The molecule has 1 aromatic carbocycles. The number of hydrogen-bond acceptors (Lipinski definition) is 2. The lowest BCUT2D eigenvalue weighted by molar-refractivity contribution is 0.398. The second-order valence-corrected chi connectivity index (χ2v) is 4.17. The highest BCUT2D eigenvalue weighted by Gasteiger charge is 2.04. The van der Waals surface area contributed by atoms with Crippen LogP contribution in [0.3, 0.4) is 0 Å². The summed E-state index contributed by atoms with van der Waals surface area (Å²) in [7, 11) is 4.14. The van der Waals surface area contributed by atoms with Crippen LogP contribution >= 0.6 is 0 Å². The first-order valence-electron chi connectivity index (χ1n) is 5.17. The molecule has 2 aromatic rings. The van der Waals surface area contributed by atoms with Crippen LogP contribution in [-0.4, -0.2) is 24.0 Å². The number of aryl methyl sites for hydroxylation is 1. The van der Waals surface area contributed by atoms with Gasteiger partial charge in [0.15, 0.2) is 0 Å². The van der Waals surface area contributed by atoms with Crippen LogP contribution in [0.2, 0.25) is 0 Å². The summed E-state index contributed by atoms with van der Waals surface area (Å²) in [4.78, 5) is 6.75. The van der Waals surface area contributed by atoms with Gasteiger partial charge in [-0.2, -0.15) is 0 Å². The standard InChI is InChI=1S/C13H16N2/c1-10-8-11-6-4-5-7-12(11)13(14-10)9-15(2)3/h4-8H,9H2,1-3H3. The number of hydrogen-bond donors (Lipinski definition) is 0. The van der Waals surface area contributed by atoms with E-state index in [1.54, 1.807) is 0 Å². The number of fused-ring (bicyclic) bond motifs is 1. The van der Waals surface area contributed by atoms with E-state index in [2.05, 4.69) is 54.3 Å². The summed E-state index contributed by atoms with van der Waals surface area (Å²) in [6, 6.07) is 10.6. The Morgan fingerprint density at radius 2 is 1.93 bits per heavy atom. The fourth-order valence-corrected chi connectivity index (χ4v) is 1.84. The average Bonchev–Trinajstić information content (AvgIpc) is 2.16. The third-order valence-corrected chi connectivity index (χ3v) is 2.41. The van der Waals surface area contributed by atoms with Crippen molar-refractivity contribution in [1.82, 2.24) is 9.88 Å². The molecule has 15 heavy (non-hydrogen) atoms. The van der Waals surface area contributed by atoms with Gasteiger partial charge in [0.1, 0.15) is 0 Å². The Balaban J connectivity index is 2.60. The summed E-state index contributed by atoms with van der Waals surface area (Å²) in [5, 5.41) is 2.54. The lowest BCUT2D eigenvalue weighted by Gasteiger charge is -2.12. The minimum atomic E-state index is 0.891. The van der Waals surface area contributed by atoms with Gasteiger partial charge in [0, 0.05) is 17.6 Å². The molecule has 78 valence electrons. The van der Waals surface area contributed by atoms with Crippen LogP contribution in [0.15, 0.2) is 30.3 Å². The summed E-state index contributed by atoms with van der Waals surface area (Å²) in [6.45, 7) is 2.94. The SMILES string of the molecule is Cc1cc2ccccc2c(CN(C)C)n1. The monoisotopic (exact) mass is 200 g/mol. The molecule has 2 nitrogen and oxygen atoms in total. The van der Waals surface area contributed by atoms with Crippen molar-refractivity contribution in [2.45, 2.75) is 13.5 Å². The average molecular weight is 200 g/mol. The fraction of sp³-hybridized carbons (Fsp3) is 0.308. The van der Waals surface area contributed by atoms with Gasteiger partial charge in [-0.1, -0.05) is 24.3 Å². The van der Waals surface area contributed by atoms with E-state index in [0.29, 0.717) is 0 Å². The van der Waals surface area contributed by atoms with E-state index < -0.39 is 0 Å².